The van der Waals surface area contributed by atoms with Crippen LogP contribution < -0.4 is 5.32 Å². The lowest BCUT2D eigenvalue weighted by Crippen LogP contribution is -2.38. The molecule has 0 saturated carbocycles. The lowest BCUT2D eigenvalue weighted by Gasteiger charge is -2.35. The molecule has 1 atom stereocenters. The van der Waals surface area contributed by atoms with Crippen molar-refractivity contribution < 1.29 is 9.59 Å². The highest BCUT2D eigenvalue weighted by atomic mass is 32.1. The van der Waals surface area contributed by atoms with Crippen molar-refractivity contribution in [3.8, 4) is 0 Å². The summed E-state index contributed by atoms with van der Waals surface area (Å²) in [5.74, 6) is 0.0100. The van der Waals surface area contributed by atoms with Gasteiger partial charge in [-0.3, -0.25) is 9.59 Å². The molecule has 2 amide bonds. The van der Waals surface area contributed by atoms with E-state index < -0.39 is 0 Å². The van der Waals surface area contributed by atoms with Crippen molar-refractivity contribution in [3.05, 3.63) is 40.1 Å². The van der Waals surface area contributed by atoms with E-state index in [1.807, 2.05) is 34.0 Å². The summed E-state index contributed by atoms with van der Waals surface area (Å²) < 4.78 is 1.92. The fraction of sp³-hybridized carbons (Fsp3) is 0.500. The lowest BCUT2D eigenvalue weighted by atomic mass is 9.99. The summed E-state index contributed by atoms with van der Waals surface area (Å²) in [7, 11) is 1.90. The minimum absolute atomic E-state index is 0.0631. The number of thiazole rings is 1. The number of carbonyl (C=O) groups excluding carboxylic acids is 2. The molecular weight excluding hydrogens is 336 g/mol. The molecule has 3 rings (SSSR count). The molecule has 1 N–H and O–H groups in total. The summed E-state index contributed by atoms with van der Waals surface area (Å²) in [6.45, 7) is 2.98. The number of amides is 2. The molecule has 134 valence electrons. The summed E-state index contributed by atoms with van der Waals surface area (Å²) in [5.41, 5.74) is 1.66. The van der Waals surface area contributed by atoms with Gasteiger partial charge in [-0.05, 0) is 31.4 Å². The molecular formula is C18H24N4O2S. The standard InChI is InChI=1S/C18H24N4O2S/c1-13(23)22-11-4-3-5-15(22)14-6-7-16(21(14)2)18(24)20-9-8-17-19-10-12-25-17/h6-7,10,12,15H,3-5,8-9,11H2,1-2H3,(H,20,24). The van der Waals surface area contributed by atoms with E-state index in [-0.39, 0.29) is 17.9 Å². The first kappa shape index (κ1) is 17.7. The number of carbonyl (C=O) groups is 2. The fourth-order valence-electron chi connectivity index (χ4n) is 3.46. The normalized spacial score (nSPS) is 17.5. The number of piperidine rings is 1. The minimum Gasteiger partial charge on any atom is -0.350 e. The molecule has 6 nitrogen and oxygen atoms in total. The third-order valence-corrected chi connectivity index (χ3v) is 5.59. The molecule has 1 aliphatic heterocycles. The monoisotopic (exact) mass is 360 g/mol. The van der Waals surface area contributed by atoms with E-state index in [0.29, 0.717) is 12.2 Å². The molecule has 0 aromatic carbocycles. The van der Waals surface area contributed by atoms with Gasteiger partial charge >= 0.3 is 0 Å². The van der Waals surface area contributed by atoms with E-state index in [4.69, 9.17) is 0 Å². The van der Waals surface area contributed by atoms with Crippen LogP contribution in [0.5, 0.6) is 0 Å². The van der Waals surface area contributed by atoms with Crippen molar-refractivity contribution in [3.63, 3.8) is 0 Å². The largest absolute Gasteiger partial charge is 0.350 e. The quantitative estimate of drug-likeness (QED) is 0.891. The molecule has 25 heavy (non-hydrogen) atoms. The molecule has 0 spiro atoms. The molecule has 1 unspecified atom stereocenters. The van der Waals surface area contributed by atoms with Crippen LogP contribution in [-0.4, -0.2) is 39.4 Å². The fourth-order valence-corrected chi connectivity index (χ4v) is 4.08. The Bertz CT molecular complexity index is 738. The number of hydrogen-bond acceptors (Lipinski definition) is 4. The van der Waals surface area contributed by atoms with Gasteiger partial charge in [0.1, 0.15) is 5.69 Å². The van der Waals surface area contributed by atoms with Gasteiger partial charge in [0.2, 0.25) is 5.91 Å². The molecule has 1 aliphatic rings. The lowest BCUT2D eigenvalue weighted by molar-refractivity contribution is -0.132. The smallest absolute Gasteiger partial charge is 0.267 e. The van der Waals surface area contributed by atoms with E-state index in [1.54, 1.807) is 24.5 Å². The van der Waals surface area contributed by atoms with Crippen molar-refractivity contribution in [2.24, 2.45) is 7.05 Å². The Balaban J connectivity index is 1.67. The van der Waals surface area contributed by atoms with Gasteiger partial charge in [0, 0.05) is 50.8 Å². The SMILES string of the molecule is CC(=O)N1CCCCC1c1ccc(C(=O)NCCc2nccs2)n1C. The van der Waals surface area contributed by atoms with E-state index in [0.717, 1.165) is 42.9 Å². The Morgan fingerprint density at radius 1 is 1.36 bits per heavy atom. The van der Waals surface area contributed by atoms with Crippen LogP contribution in [-0.2, 0) is 18.3 Å². The average Bonchev–Trinajstić information content (AvgIpc) is 3.24. The van der Waals surface area contributed by atoms with E-state index in [9.17, 15) is 9.59 Å². The summed E-state index contributed by atoms with van der Waals surface area (Å²) in [4.78, 5) is 30.5. The Morgan fingerprint density at radius 3 is 2.92 bits per heavy atom. The van der Waals surface area contributed by atoms with Crippen LogP contribution in [0.1, 0.15) is 53.4 Å². The van der Waals surface area contributed by atoms with Crippen LogP contribution in [0, 0.1) is 0 Å². The molecule has 2 aromatic rings. The molecule has 0 radical (unpaired) electrons. The highest BCUT2D eigenvalue weighted by Gasteiger charge is 2.28. The summed E-state index contributed by atoms with van der Waals surface area (Å²) in [5, 5.41) is 5.91. The maximum Gasteiger partial charge on any atom is 0.267 e. The average molecular weight is 360 g/mol. The van der Waals surface area contributed by atoms with Crippen molar-refractivity contribution in [2.45, 2.75) is 38.6 Å². The summed E-state index contributed by atoms with van der Waals surface area (Å²) >= 11 is 1.59. The second kappa shape index (κ2) is 7.82. The van der Waals surface area contributed by atoms with Gasteiger partial charge in [0.25, 0.3) is 5.91 Å². The molecule has 2 aromatic heterocycles. The van der Waals surface area contributed by atoms with Crippen LogP contribution in [0.4, 0.5) is 0 Å². The number of rotatable bonds is 5. The van der Waals surface area contributed by atoms with Gasteiger partial charge < -0.3 is 14.8 Å². The van der Waals surface area contributed by atoms with Crippen LogP contribution in [0.2, 0.25) is 0 Å². The predicted molar refractivity (Wildman–Crippen MR) is 97.5 cm³/mol. The van der Waals surface area contributed by atoms with Crippen molar-refractivity contribution in [1.82, 2.24) is 19.8 Å². The minimum atomic E-state index is -0.0875. The zero-order chi connectivity index (χ0) is 17.8. The van der Waals surface area contributed by atoms with Gasteiger partial charge in [-0.25, -0.2) is 4.98 Å². The predicted octanol–water partition coefficient (Wildman–Crippen LogP) is 2.53. The van der Waals surface area contributed by atoms with Gasteiger partial charge in [0.05, 0.1) is 11.0 Å². The Kier molecular flexibility index (Phi) is 5.53. The third kappa shape index (κ3) is 3.92. The van der Waals surface area contributed by atoms with Crippen LogP contribution in [0.3, 0.4) is 0 Å². The van der Waals surface area contributed by atoms with E-state index in [1.165, 1.54) is 0 Å². The first-order valence-electron chi connectivity index (χ1n) is 8.67. The van der Waals surface area contributed by atoms with E-state index in [2.05, 4.69) is 10.3 Å². The van der Waals surface area contributed by atoms with Crippen molar-refractivity contribution in [2.75, 3.05) is 13.1 Å². The molecule has 1 saturated heterocycles. The summed E-state index contributed by atoms with van der Waals surface area (Å²) in [6.07, 6.45) is 5.61. The van der Waals surface area contributed by atoms with Gasteiger partial charge in [-0.2, -0.15) is 0 Å². The molecule has 3 heterocycles. The van der Waals surface area contributed by atoms with Gasteiger partial charge in [-0.15, -0.1) is 11.3 Å². The number of aromatic nitrogens is 2. The molecule has 0 aliphatic carbocycles. The maximum absolute atomic E-state index is 12.5. The first-order valence-corrected chi connectivity index (χ1v) is 9.55. The number of likely N-dealkylation sites (tertiary alicyclic amines) is 1. The van der Waals surface area contributed by atoms with Crippen molar-refractivity contribution >= 4 is 23.2 Å². The number of nitrogens with one attached hydrogen (secondary N) is 1. The summed E-state index contributed by atoms with van der Waals surface area (Å²) in [6, 6.07) is 3.89. The Hall–Kier alpha value is -2.15. The number of nitrogens with zero attached hydrogens (tertiary/aromatic N) is 3. The second-order valence-electron chi connectivity index (χ2n) is 6.36. The highest BCUT2D eigenvalue weighted by Crippen LogP contribution is 2.31. The van der Waals surface area contributed by atoms with Crippen LogP contribution in [0.15, 0.2) is 23.7 Å². The Labute approximate surface area is 151 Å². The van der Waals surface area contributed by atoms with Crippen molar-refractivity contribution in [1.29, 1.82) is 0 Å². The molecule has 1 fully saturated rings. The zero-order valence-corrected chi connectivity index (χ0v) is 15.5. The maximum atomic E-state index is 12.5. The van der Waals surface area contributed by atoms with Crippen LogP contribution >= 0.6 is 11.3 Å². The highest BCUT2D eigenvalue weighted by molar-refractivity contribution is 7.09. The van der Waals surface area contributed by atoms with Gasteiger partial charge in [-0.1, -0.05) is 0 Å². The topological polar surface area (TPSA) is 67.2 Å². The number of hydrogen-bond donors (Lipinski definition) is 1. The third-order valence-electron chi connectivity index (χ3n) is 4.75. The van der Waals surface area contributed by atoms with E-state index >= 15 is 0 Å². The second-order valence-corrected chi connectivity index (χ2v) is 7.34. The first-order chi connectivity index (χ1) is 12.1. The molecule has 7 heteroatoms. The van der Waals surface area contributed by atoms with Crippen LogP contribution in [0.25, 0.3) is 0 Å². The Morgan fingerprint density at radius 2 is 2.20 bits per heavy atom. The van der Waals surface area contributed by atoms with Gasteiger partial charge in [0.15, 0.2) is 0 Å². The molecule has 0 bridgehead atoms. The zero-order valence-electron chi connectivity index (χ0n) is 14.7.